The Bertz CT molecular complexity index is 528. The predicted octanol–water partition coefficient (Wildman–Crippen LogP) is 3.82. The van der Waals surface area contributed by atoms with Crippen LogP contribution in [0, 0.1) is 5.92 Å². The van der Waals surface area contributed by atoms with Crippen molar-refractivity contribution in [2.45, 2.75) is 20.3 Å². The second-order valence-corrected chi connectivity index (χ2v) is 4.33. The molecule has 0 fully saturated rings. The van der Waals surface area contributed by atoms with Gasteiger partial charge < -0.3 is 5.32 Å². The SMILES string of the molecule is CC[C@@H](C)C(=O)Nc1cccc2ccccc12. The lowest BCUT2D eigenvalue weighted by atomic mass is 10.1. The van der Waals surface area contributed by atoms with Crippen LogP contribution >= 0.6 is 0 Å². The van der Waals surface area contributed by atoms with E-state index in [9.17, 15) is 4.79 Å². The van der Waals surface area contributed by atoms with Gasteiger partial charge in [-0.05, 0) is 17.9 Å². The summed E-state index contributed by atoms with van der Waals surface area (Å²) in [5, 5.41) is 5.23. The van der Waals surface area contributed by atoms with Gasteiger partial charge in [0.1, 0.15) is 0 Å². The standard InChI is InChI=1S/C15H17NO/c1-3-11(2)15(17)16-14-10-6-8-12-7-4-5-9-13(12)14/h4-11H,3H2,1-2H3,(H,16,17)/t11-/m1/s1. The van der Waals surface area contributed by atoms with Crippen molar-refractivity contribution in [1.82, 2.24) is 0 Å². The Labute approximate surface area is 102 Å². The molecule has 2 aromatic rings. The predicted molar refractivity (Wildman–Crippen MR) is 72.0 cm³/mol. The molecule has 2 nitrogen and oxygen atoms in total. The number of benzene rings is 2. The fourth-order valence-corrected chi connectivity index (χ4v) is 1.78. The van der Waals surface area contributed by atoms with E-state index in [2.05, 4.69) is 5.32 Å². The molecule has 0 unspecified atom stereocenters. The molecular formula is C15H17NO. The number of anilines is 1. The van der Waals surface area contributed by atoms with E-state index in [1.807, 2.05) is 56.3 Å². The zero-order valence-electron chi connectivity index (χ0n) is 10.2. The minimum atomic E-state index is 0.0500. The van der Waals surface area contributed by atoms with Crippen LogP contribution in [0.1, 0.15) is 20.3 Å². The van der Waals surface area contributed by atoms with E-state index in [1.165, 1.54) is 0 Å². The van der Waals surface area contributed by atoms with E-state index in [4.69, 9.17) is 0 Å². The van der Waals surface area contributed by atoms with Gasteiger partial charge in [0.2, 0.25) is 5.91 Å². The van der Waals surface area contributed by atoms with Crippen molar-refractivity contribution in [2.75, 3.05) is 5.32 Å². The van der Waals surface area contributed by atoms with Crippen LogP contribution in [0.25, 0.3) is 10.8 Å². The second kappa shape index (κ2) is 5.00. The van der Waals surface area contributed by atoms with Crippen molar-refractivity contribution in [3.05, 3.63) is 42.5 Å². The number of hydrogen-bond acceptors (Lipinski definition) is 1. The Hall–Kier alpha value is -1.83. The van der Waals surface area contributed by atoms with Crippen molar-refractivity contribution in [2.24, 2.45) is 5.92 Å². The summed E-state index contributed by atoms with van der Waals surface area (Å²) in [7, 11) is 0. The molecular weight excluding hydrogens is 210 g/mol. The van der Waals surface area contributed by atoms with Gasteiger partial charge in [-0.1, -0.05) is 50.2 Å². The number of fused-ring (bicyclic) bond motifs is 1. The highest BCUT2D eigenvalue weighted by Crippen LogP contribution is 2.23. The highest BCUT2D eigenvalue weighted by molar-refractivity contribution is 6.02. The normalized spacial score (nSPS) is 12.4. The Morgan fingerprint density at radius 1 is 1.18 bits per heavy atom. The van der Waals surface area contributed by atoms with Crippen molar-refractivity contribution in [3.8, 4) is 0 Å². The summed E-state index contributed by atoms with van der Waals surface area (Å²) < 4.78 is 0. The summed E-state index contributed by atoms with van der Waals surface area (Å²) in [5.41, 5.74) is 0.897. The third-order valence-corrected chi connectivity index (χ3v) is 3.11. The van der Waals surface area contributed by atoms with E-state index in [0.29, 0.717) is 0 Å². The molecule has 1 atom stereocenters. The van der Waals surface area contributed by atoms with Gasteiger partial charge in [0, 0.05) is 17.0 Å². The summed E-state index contributed by atoms with van der Waals surface area (Å²) in [4.78, 5) is 11.9. The summed E-state index contributed by atoms with van der Waals surface area (Å²) in [6, 6.07) is 14.0. The molecule has 2 aromatic carbocycles. The average Bonchev–Trinajstić information content (AvgIpc) is 2.38. The van der Waals surface area contributed by atoms with Gasteiger partial charge in [-0.25, -0.2) is 0 Å². The van der Waals surface area contributed by atoms with E-state index in [0.717, 1.165) is 22.9 Å². The highest BCUT2D eigenvalue weighted by atomic mass is 16.1. The Kier molecular flexibility index (Phi) is 3.43. The van der Waals surface area contributed by atoms with E-state index >= 15 is 0 Å². The lowest BCUT2D eigenvalue weighted by molar-refractivity contribution is -0.119. The fraction of sp³-hybridized carbons (Fsp3) is 0.267. The van der Waals surface area contributed by atoms with Crippen LogP contribution in [0.3, 0.4) is 0 Å². The molecule has 1 amide bonds. The minimum absolute atomic E-state index is 0.0500. The van der Waals surface area contributed by atoms with Gasteiger partial charge in [-0.15, -0.1) is 0 Å². The summed E-state index contributed by atoms with van der Waals surface area (Å²) >= 11 is 0. The maximum Gasteiger partial charge on any atom is 0.227 e. The van der Waals surface area contributed by atoms with Gasteiger partial charge in [-0.2, -0.15) is 0 Å². The fourth-order valence-electron chi connectivity index (χ4n) is 1.78. The molecule has 0 radical (unpaired) electrons. The van der Waals surface area contributed by atoms with Crippen LogP contribution in [-0.4, -0.2) is 5.91 Å². The number of rotatable bonds is 3. The van der Waals surface area contributed by atoms with E-state index in [1.54, 1.807) is 0 Å². The van der Waals surface area contributed by atoms with E-state index in [-0.39, 0.29) is 11.8 Å². The van der Waals surface area contributed by atoms with Gasteiger partial charge >= 0.3 is 0 Å². The Balaban J connectivity index is 2.33. The van der Waals surface area contributed by atoms with Crippen LogP contribution in [0.5, 0.6) is 0 Å². The Morgan fingerprint density at radius 3 is 2.65 bits per heavy atom. The molecule has 2 heteroatoms. The molecule has 0 aliphatic carbocycles. The second-order valence-electron chi connectivity index (χ2n) is 4.33. The van der Waals surface area contributed by atoms with Crippen molar-refractivity contribution in [3.63, 3.8) is 0 Å². The maximum atomic E-state index is 11.9. The van der Waals surface area contributed by atoms with Crippen LogP contribution in [0.2, 0.25) is 0 Å². The zero-order chi connectivity index (χ0) is 12.3. The maximum absolute atomic E-state index is 11.9. The first-order valence-corrected chi connectivity index (χ1v) is 6.01. The molecule has 0 heterocycles. The lowest BCUT2D eigenvalue weighted by Crippen LogP contribution is -2.19. The minimum Gasteiger partial charge on any atom is -0.325 e. The summed E-state index contributed by atoms with van der Waals surface area (Å²) in [6.45, 7) is 3.97. The number of carbonyl (C=O) groups is 1. The monoisotopic (exact) mass is 227 g/mol. The highest BCUT2D eigenvalue weighted by Gasteiger charge is 2.11. The average molecular weight is 227 g/mol. The molecule has 0 aliphatic heterocycles. The third-order valence-electron chi connectivity index (χ3n) is 3.11. The number of carbonyl (C=O) groups excluding carboxylic acids is 1. The van der Waals surface area contributed by atoms with Gasteiger partial charge in [0.05, 0.1) is 0 Å². The number of nitrogens with one attached hydrogen (secondary N) is 1. The van der Waals surface area contributed by atoms with E-state index < -0.39 is 0 Å². The smallest absolute Gasteiger partial charge is 0.227 e. The third kappa shape index (κ3) is 2.47. The van der Waals surface area contributed by atoms with Gasteiger partial charge in [0.15, 0.2) is 0 Å². The molecule has 0 saturated heterocycles. The van der Waals surface area contributed by atoms with Crippen LogP contribution in [0.15, 0.2) is 42.5 Å². The molecule has 17 heavy (non-hydrogen) atoms. The van der Waals surface area contributed by atoms with Crippen LogP contribution in [-0.2, 0) is 4.79 Å². The molecule has 0 bridgehead atoms. The molecule has 0 saturated carbocycles. The van der Waals surface area contributed by atoms with Gasteiger partial charge in [0.25, 0.3) is 0 Å². The van der Waals surface area contributed by atoms with Crippen molar-refractivity contribution >= 4 is 22.4 Å². The summed E-state index contributed by atoms with van der Waals surface area (Å²) in [6.07, 6.45) is 0.858. The topological polar surface area (TPSA) is 29.1 Å². The van der Waals surface area contributed by atoms with Crippen molar-refractivity contribution in [1.29, 1.82) is 0 Å². The van der Waals surface area contributed by atoms with Gasteiger partial charge in [-0.3, -0.25) is 4.79 Å². The first-order valence-electron chi connectivity index (χ1n) is 6.01. The number of hydrogen-bond donors (Lipinski definition) is 1. The molecule has 0 aliphatic rings. The molecule has 88 valence electrons. The first-order chi connectivity index (χ1) is 8.22. The molecule has 0 spiro atoms. The zero-order valence-corrected chi connectivity index (χ0v) is 10.2. The first kappa shape index (κ1) is 11.6. The molecule has 2 rings (SSSR count). The quantitative estimate of drug-likeness (QED) is 0.848. The lowest BCUT2D eigenvalue weighted by Gasteiger charge is -2.12. The molecule has 0 aromatic heterocycles. The van der Waals surface area contributed by atoms with Crippen molar-refractivity contribution < 1.29 is 4.79 Å². The largest absolute Gasteiger partial charge is 0.325 e. The van der Waals surface area contributed by atoms with Crippen LogP contribution in [0.4, 0.5) is 5.69 Å². The number of amides is 1. The Morgan fingerprint density at radius 2 is 1.88 bits per heavy atom. The summed E-state index contributed by atoms with van der Waals surface area (Å²) in [5.74, 6) is 0.137. The van der Waals surface area contributed by atoms with Crippen LogP contribution < -0.4 is 5.32 Å². The molecule has 1 N–H and O–H groups in total.